The first-order valence-corrected chi connectivity index (χ1v) is 7.90. The van der Waals surface area contributed by atoms with Crippen LogP contribution in [0.1, 0.15) is 68.6 Å². The van der Waals surface area contributed by atoms with Gasteiger partial charge in [-0.05, 0) is 24.6 Å². The van der Waals surface area contributed by atoms with Crippen LogP contribution in [-0.4, -0.2) is 17.7 Å². The number of carbonyl (C=O) groups is 1. The number of unbranched alkanes of at least 4 members (excludes halogenated alkanes) is 7. The van der Waals surface area contributed by atoms with E-state index < -0.39 is 5.97 Å². The highest BCUT2D eigenvalue weighted by Gasteiger charge is 2.07. The molecule has 4 heteroatoms. The summed E-state index contributed by atoms with van der Waals surface area (Å²) in [5.41, 5.74) is 6.47. The molecule has 0 saturated heterocycles. The van der Waals surface area contributed by atoms with E-state index in [1.165, 1.54) is 50.7 Å². The summed E-state index contributed by atoms with van der Waals surface area (Å²) in [6.45, 7) is 2.81. The molecule has 1 rings (SSSR count). The van der Waals surface area contributed by atoms with Crippen LogP contribution in [0.15, 0.2) is 18.2 Å². The minimum atomic E-state index is -0.966. The molecule has 118 valence electrons. The van der Waals surface area contributed by atoms with Gasteiger partial charge in [0.05, 0.1) is 17.9 Å². The maximum atomic E-state index is 10.9. The van der Waals surface area contributed by atoms with Crippen molar-refractivity contribution in [3.63, 3.8) is 0 Å². The summed E-state index contributed by atoms with van der Waals surface area (Å²) in [5.74, 6) is -0.496. The number of carboxylic acids is 1. The van der Waals surface area contributed by atoms with Crippen LogP contribution >= 0.6 is 0 Å². The lowest BCUT2D eigenvalue weighted by atomic mass is 10.1. The van der Waals surface area contributed by atoms with E-state index in [9.17, 15) is 4.79 Å². The van der Waals surface area contributed by atoms with E-state index in [0.717, 1.165) is 12.8 Å². The van der Waals surface area contributed by atoms with E-state index in [2.05, 4.69) is 6.92 Å². The molecule has 0 heterocycles. The van der Waals surface area contributed by atoms with Crippen molar-refractivity contribution < 1.29 is 14.6 Å². The lowest BCUT2D eigenvalue weighted by molar-refractivity contribution is 0.0696. The van der Waals surface area contributed by atoms with Crippen molar-refractivity contribution >= 4 is 11.7 Å². The van der Waals surface area contributed by atoms with E-state index >= 15 is 0 Å². The SMILES string of the molecule is CCCCCCCCCCOc1cc(C(=O)O)ccc1N. The average Bonchev–Trinajstić information content (AvgIpc) is 2.47. The molecule has 0 atom stereocenters. The predicted molar refractivity (Wildman–Crippen MR) is 85.9 cm³/mol. The number of aromatic carboxylic acids is 1. The number of nitrogen functional groups attached to an aromatic ring is 1. The van der Waals surface area contributed by atoms with Crippen molar-refractivity contribution in [2.75, 3.05) is 12.3 Å². The Balaban J connectivity index is 2.18. The molecule has 0 radical (unpaired) electrons. The number of benzene rings is 1. The van der Waals surface area contributed by atoms with Crippen molar-refractivity contribution in [2.45, 2.75) is 58.3 Å². The van der Waals surface area contributed by atoms with E-state index in [-0.39, 0.29) is 5.56 Å². The summed E-state index contributed by atoms with van der Waals surface area (Å²) < 4.78 is 5.58. The summed E-state index contributed by atoms with van der Waals surface area (Å²) in [6, 6.07) is 4.55. The predicted octanol–water partition coefficient (Wildman–Crippen LogP) is 4.49. The quantitative estimate of drug-likeness (QED) is 0.466. The van der Waals surface area contributed by atoms with Crippen molar-refractivity contribution in [1.82, 2.24) is 0 Å². The van der Waals surface area contributed by atoms with Gasteiger partial charge in [0, 0.05) is 0 Å². The Morgan fingerprint density at radius 3 is 2.33 bits per heavy atom. The summed E-state index contributed by atoms with van der Waals surface area (Å²) in [6.07, 6.45) is 9.92. The zero-order valence-corrected chi connectivity index (χ0v) is 12.9. The summed E-state index contributed by atoms with van der Waals surface area (Å²) >= 11 is 0. The van der Waals surface area contributed by atoms with Crippen LogP contribution in [0.25, 0.3) is 0 Å². The smallest absolute Gasteiger partial charge is 0.335 e. The molecule has 4 nitrogen and oxygen atoms in total. The number of carboxylic acid groups (broad SMARTS) is 1. The minimum absolute atomic E-state index is 0.204. The van der Waals surface area contributed by atoms with E-state index in [1.807, 2.05) is 0 Å². The number of ether oxygens (including phenoxy) is 1. The molecule has 1 aromatic rings. The van der Waals surface area contributed by atoms with Gasteiger partial charge in [0.1, 0.15) is 5.75 Å². The van der Waals surface area contributed by atoms with Gasteiger partial charge >= 0.3 is 5.97 Å². The number of hydrogen-bond acceptors (Lipinski definition) is 3. The maximum Gasteiger partial charge on any atom is 0.335 e. The van der Waals surface area contributed by atoms with Gasteiger partial charge in [-0.2, -0.15) is 0 Å². The van der Waals surface area contributed by atoms with E-state index in [0.29, 0.717) is 18.0 Å². The van der Waals surface area contributed by atoms with Crippen LogP contribution in [0.2, 0.25) is 0 Å². The molecule has 21 heavy (non-hydrogen) atoms. The molecule has 1 aromatic carbocycles. The highest BCUT2D eigenvalue weighted by Crippen LogP contribution is 2.23. The van der Waals surface area contributed by atoms with Crippen molar-refractivity contribution in [2.24, 2.45) is 0 Å². The molecule has 0 aliphatic heterocycles. The second-order valence-electron chi connectivity index (χ2n) is 5.38. The second-order valence-corrected chi connectivity index (χ2v) is 5.38. The first kappa shape index (κ1) is 17.3. The van der Waals surface area contributed by atoms with Gasteiger partial charge < -0.3 is 15.6 Å². The third-order valence-corrected chi connectivity index (χ3v) is 3.52. The molecule has 0 aliphatic carbocycles. The third-order valence-electron chi connectivity index (χ3n) is 3.52. The molecule has 3 N–H and O–H groups in total. The van der Waals surface area contributed by atoms with Crippen LogP contribution < -0.4 is 10.5 Å². The maximum absolute atomic E-state index is 10.9. The number of nitrogens with two attached hydrogens (primary N) is 1. The van der Waals surface area contributed by atoms with Gasteiger partial charge in [0.2, 0.25) is 0 Å². The third kappa shape index (κ3) is 7.02. The van der Waals surface area contributed by atoms with Gasteiger partial charge in [-0.1, -0.05) is 51.9 Å². The highest BCUT2D eigenvalue weighted by atomic mass is 16.5. The summed E-state index contributed by atoms with van der Waals surface area (Å²) in [7, 11) is 0. The normalized spacial score (nSPS) is 10.5. The molecule has 0 amide bonds. The second kappa shape index (κ2) is 10.1. The van der Waals surface area contributed by atoms with Crippen molar-refractivity contribution in [3.05, 3.63) is 23.8 Å². The molecule has 0 spiro atoms. The monoisotopic (exact) mass is 293 g/mol. The molecule has 0 aromatic heterocycles. The zero-order valence-electron chi connectivity index (χ0n) is 12.9. The number of anilines is 1. The Morgan fingerprint density at radius 2 is 1.71 bits per heavy atom. The minimum Gasteiger partial charge on any atom is -0.491 e. The average molecular weight is 293 g/mol. The lowest BCUT2D eigenvalue weighted by Gasteiger charge is -2.09. The standard InChI is InChI=1S/C17H27NO3/c1-2-3-4-5-6-7-8-9-12-21-16-13-14(17(19)20)10-11-15(16)18/h10-11,13H,2-9,12,18H2,1H3,(H,19,20). The lowest BCUT2D eigenvalue weighted by Crippen LogP contribution is -2.03. The Labute approximate surface area is 127 Å². The molecule has 0 bridgehead atoms. The zero-order chi connectivity index (χ0) is 15.5. The molecule has 0 fully saturated rings. The molecular formula is C17H27NO3. The Bertz CT molecular complexity index is 432. The molecule has 0 aliphatic rings. The fraction of sp³-hybridized carbons (Fsp3) is 0.588. The Hall–Kier alpha value is -1.71. The van der Waals surface area contributed by atoms with Gasteiger partial charge in [0.15, 0.2) is 0 Å². The summed E-state index contributed by atoms with van der Waals surface area (Å²) in [4.78, 5) is 10.9. The molecule has 0 unspecified atom stereocenters. The number of hydrogen-bond donors (Lipinski definition) is 2. The van der Waals surface area contributed by atoms with Gasteiger partial charge in [-0.15, -0.1) is 0 Å². The number of rotatable bonds is 11. The summed E-state index contributed by atoms with van der Waals surface area (Å²) in [5, 5.41) is 8.93. The van der Waals surface area contributed by atoms with E-state index in [4.69, 9.17) is 15.6 Å². The van der Waals surface area contributed by atoms with Gasteiger partial charge in [0.25, 0.3) is 0 Å². The fourth-order valence-corrected chi connectivity index (χ4v) is 2.21. The van der Waals surface area contributed by atoms with Crippen LogP contribution in [0.4, 0.5) is 5.69 Å². The Morgan fingerprint density at radius 1 is 1.10 bits per heavy atom. The molecule has 0 saturated carbocycles. The van der Waals surface area contributed by atoms with Crippen molar-refractivity contribution in [3.8, 4) is 5.75 Å². The molecular weight excluding hydrogens is 266 g/mol. The van der Waals surface area contributed by atoms with Crippen LogP contribution in [-0.2, 0) is 0 Å². The largest absolute Gasteiger partial charge is 0.491 e. The fourth-order valence-electron chi connectivity index (χ4n) is 2.21. The van der Waals surface area contributed by atoms with Crippen LogP contribution in [0, 0.1) is 0 Å². The Kier molecular flexibility index (Phi) is 8.32. The van der Waals surface area contributed by atoms with Crippen LogP contribution in [0.3, 0.4) is 0 Å². The van der Waals surface area contributed by atoms with Gasteiger partial charge in [-0.25, -0.2) is 4.79 Å². The van der Waals surface area contributed by atoms with Crippen LogP contribution in [0.5, 0.6) is 5.75 Å². The van der Waals surface area contributed by atoms with E-state index in [1.54, 1.807) is 6.07 Å². The highest BCUT2D eigenvalue weighted by molar-refractivity contribution is 5.89. The van der Waals surface area contributed by atoms with Gasteiger partial charge in [-0.3, -0.25) is 0 Å². The first-order chi connectivity index (χ1) is 10.1. The van der Waals surface area contributed by atoms with Crippen molar-refractivity contribution in [1.29, 1.82) is 0 Å². The first-order valence-electron chi connectivity index (χ1n) is 7.90. The topological polar surface area (TPSA) is 72.5 Å².